The van der Waals surface area contributed by atoms with Crippen LogP contribution in [0.1, 0.15) is 22.2 Å². The second-order valence-corrected chi connectivity index (χ2v) is 5.21. The van der Waals surface area contributed by atoms with Crippen LogP contribution >= 0.6 is 11.3 Å². The molecule has 1 aromatic heterocycles. The van der Waals surface area contributed by atoms with Crippen LogP contribution < -0.4 is 0 Å². The van der Waals surface area contributed by atoms with Gasteiger partial charge in [-0.3, -0.25) is 0 Å². The Labute approximate surface area is 108 Å². The number of hydrogen-bond acceptors (Lipinski definition) is 3. The Morgan fingerprint density at radius 1 is 1.50 bits per heavy atom. The molecule has 0 spiro atoms. The highest BCUT2D eigenvalue weighted by Crippen LogP contribution is 2.33. The molecule has 1 N–H and O–H groups in total. The summed E-state index contributed by atoms with van der Waals surface area (Å²) in [5, 5.41) is 9.66. The topological polar surface area (TPSA) is 40.5 Å². The number of nitrogens with zero attached hydrogens (tertiary/aromatic N) is 1. The summed E-state index contributed by atoms with van der Waals surface area (Å²) in [6.07, 6.45) is 0. The lowest BCUT2D eigenvalue weighted by atomic mass is 10.1. The Balaban J connectivity index is 2.65. The van der Waals surface area contributed by atoms with Gasteiger partial charge in [0.05, 0.1) is 0 Å². The summed E-state index contributed by atoms with van der Waals surface area (Å²) >= 11 is 1.13. The average Bonchev–Trinajstić information content (AvgIpc) is 2.69. The number of rotatable bonds is 4. The minimum absolute atomic E-state index is 0.232. The first-order valence-corrected chi connectivity index (χ1v) is 6.48. The molecular weight excluding hydrogens is 253 g/mol. The SMILES string of the molecule is CCN(C)Cc1c(C(=O)O)sc2cccc(F)c12. The summed E-state index contributed by atoms with van der Waals surface area (Å²) in [5.41, 5.74) is 0.574. The third-order valence-electron chi connectivity index (χ3n) is 2.93. The van der Waals surface area contributed by atoms with Crippen molar-refractivity contribution in [2.75, 3.05) is 13.6 Å². The van der Waals surface area contributed by atoms with Crippen molar-refractivity contribution in [3.8, 4) is 0 Å². The fourth-order valence-electron chi connectivity index (χ4n) is 1.87. The van der Waals surface area contributed by atoms with Gasteiger partial charge in [-0.15, -0.1) is 11.3 Å². The van der Waals surface area contributed by atoms with Gasteiger partial charge >= 0.3 is 5.97 Å². The van der Waals surface area contributed by atoms with Gasteiger partial charge in [-0.2, -0.15) is 0 Å². The average molecular weight is 267 g/mol. The molecule has 0 saturated carbocycles. The molecule has 0 aliphatic carbocycles. The van der Waals surface area contributed by atoms with Crippen molar-refractivity contribution < 1.29 is 14.3 Å². The molecule has 96 valence electrons. The van der Waals surface area contributed by atoms with Gasteiger partial charge in [0.15, 0.2) is 0 Å². The second kappa shape index (κ2) is 5.04. The zero-order valence-electron chi connectivity index (χ0n) is 10.2. The molecule has 0 aliphatic rings. The maximum absolute atomic E-state index is 13.9. The summed E-state index contributed by atoms with van der Waals surface area (Å²) in [6.45, 7) is 3.20. The number of carbonyl (C=O) groups is 1. The number of hydrogen-bond donors (Lipinski definition) is 1. The molecule has 1 heterocycles. The van der Waals surface area contributed by atoms with E-state index in [1.165, 1.54) is 6.07 Å². The molecule has 0 aliphatic heterocycles. The maximum atomic E-state index is 13.9. The van der Waals surface area contributed by atoms with Crippen molar-refractivity contribution in [2.24, 2.45) is 0 Å². The highest BCUT2D eigenvalue weighted by molar-refractivity contribution is 7.21. The smallest absolute Gasteiger partial charge is 0.346 e. The molecule has 0 radical (unpaired) electrons. The summed E-state index contributed by atoms with van der Waals surface area (Å²) in [7, 11) is 1.88. The van der Waals surface area contributed by atoms with E-state index in [-0.39, 0.29) is 10.7 Å². The number of fused-ring (bicyclic) bond motifs is 1. The van der Waals surface area contributed by atoms with Crippen LogP contribution in [0.25, 0.3) is 10.1 Å². The molecule has 18 heavy (non-hydrogen) atoms. The monoisotopic (exact) mass is 267 g/mol. The first kappa shape index (κ1) is 13.0. The Morgan fingerprint density at radius 2 is 2.22 bits per heavy atom. The molecule has 0 amide bonds. The molecule has 5 heteroatoms. The largest absolute Gasteiger partial charge is 0.477 e. The van der Waals surface area contributed by atoms with Gasteiger partial charge in [0, 0.05) is 22.2 Å². The van der Waals surface area contributed by atoms with Crippen LogP contribution in [0.5, 0.6) is 0 Å². The number of aromatic carboxylic acids is 1. The fraction of sp³-hybridized carbons (Fsp3) is 0.308. The molecule has 3 nitrogen and oxygen atoms in total. The fourth-order valence-corrected chi connectivity index (χ4v) is 2.94. The number of benzene rings is 1. The Bertz CT molecular complexity index is 594. The Hall–Kier alpha value is -1.46. The maximum Gasteiger partial charge on any atom is 0.346 e. The van der Waals surface area contributed by atoms with Crippen LogP contribution in [-0.2, 0) is 6.54 Å². The van der Waals surface area contributed by atoms with E-state index in [1.807, 2.05) is 18.9 Å². The van der Waals surface area contributed by atoms with Crippen LogP contribution in [0.3, 0.4) is 0 Å². The molecule has 0 atom stereocenters. The number of carboxylic acids is 1. The lowest BCUT2D eigenvalue weighted by Gasteiger charge is -2.14. The van der Waals surface area contributed by atoms with Gasteiger partial charge < -0.3 is 10.0 Å². The van der Waals surface area contributed by atoms with Crippen molar-refractivity contribution in [3.63, 3.8) is 0 Å². The minimum atomic E-state index is -0.991. The third-order valence-corrected chi connectivity index (χ3v) is 4.11. The number of thiophene rings is 1. The van der Waals surface area contributed by atoms with E-state index in [2.05, 4.69) is 0 Å². The number of halogens is 1. The summed E-state index contributed by atoms with van der Waals surface area (Å²) in [6, 6.07) is 4.73. The normalized spacial score (nSPS) is 11.3. The molecule has 0 unspecified atom stereocenters. The standard InChI is InChI=1S/C13H14FNO2S/c1-3-15(2)7-8-11-9(14)5-4-6-10(11)18-12(8)13(16)17/h4-6H,3,7H2,1-2H3,(H,16,17). The second-order valence-electron chi connectivity index (χ2n) is 4.16. The molecular formula is C13H14FNO2S. The Morgan fingerprint density at radius 3 is 2.83 bits per heavy atom. The van der Waals surface area contributed by atoms with E-state index in [4.69, 9.17) is 0 Å². The van der Waals surface area contributed by atoms with Crippen LogP contribution in [-0.4, -0.2) is 29.6 Å². The molecule has 0 fully saturated rings. The van der Waals surface area contributed by atoms with E-state index >= 15 is 0 Å². The highest BCUT2D eigenvalue weighted by atomic mass is 32.1. The van der Waals surface area contributed by atoms with Gasteiger partial charge in [0.1, 0.15) is 10.7 Å². The molecule has 2 aromatic rings. The lowest BCUT2D eigenvalue weighted by molar-refractivity contribution is 0.0700. The van der Waals surface area contributed by atoms with Gasteiger partial charge in [-0.1, -0.05) is 13.0 Å². The quantitative estimate of drug-likeness (QED) is 0.924. The van der Waals surface area contributed by atoms with E-state index < -0.39 is 5.97 Å². The molecule has 1 aromatic carbocycles. The van der Waals surface area contributed by atoms with E-state index in [0.29, 0.717) is 22.2 Å². The third kappa shape index (κ3) is 2.23. The van der Waals surface area contributed by atoms with E-state index in [1.54, 1.807) is 12.1 Å². The van der Waals surface area contributed by atoms with Crippen LogP contribution in [0.15, 0.2) is 18.2 Å². The summed E-state index contributed by atoms with van der Waals surface area (Å²) in [4.78, 5) is 13.4. The first-order chi connectivity index (χ1) is 8.54. The highest BCUT2D eigenvalue weighted by Gasteiger charge is 2.20. The predicted molar refractivity (Wildman–Crippen MR) is 70.8 cm³/mol. The van der Waals surface area contributed by atoms with E-state index in [9.17, 15) is 14.3 Å². The van der Waals surface area contributed by atoms with Crippen molar-refractivity contribution >= 4 is 27.4 Å². The summed E-state index contributed by atoms with van der Waals surface area (Å²) < 4.78 is 14.6. The van der Waals surface area contributed by atoms with Crippen LogP contribution in [0.2, 0.25) is 0 Å². The zero-order chi connectivity index (χ0) is 13.3. The molecule has 0 bridgehead atoms. The van der Waals surface area contributed by atoms with Crippen molar-refractivity contribution in [1.29, 1.82) is 0 Å². The zero-order valence-corrected chi connectivity index (χ0v) is 11.1. The first-order valence-electron chi connectivity index (χ1n) is 5.66. The Kier molecular flexibility index (Phi) is 3.63. The van der Waals surface area contributed by atoms with Crippen molar-refractivity contribution in [3.05, 3.63) is 34.5 Å². The van der Waals surface area contributed by atoms with Crippen molar-refractivity contribution in [2.45, 2.75) is 13.5 Å². The minimum Gasteiger partial charge on any atom is -0.477 e. The van der Waals surface area contributed by atoms with E-state index in [0.717, 1.165) is 17.9 Å². The van der Waals surface area contributed by atoms with Crippen LogP contribution in [0, 0.1) is 5.82 Å². The molecule has 0 saturated heterocycles. The predicted octanol–water partition coefficient (Wildman–Crippen LogP) is 3.19. The number of carboxylic acid groups (broad SMARTS) is 1. The van der Waals surface area contributed by atoms with Gasteiger partial charge in [0.25, 0.3) is 0 Å². The summed E-state index contributed by atoms with van der Waals surface area (Å²) in [5.74, 6) is -1.34. The van der Waals surface area contributed by atoms with Gasteiger partial charge in [-0.05, 0) is 25.7 Å². The van der Waals surface area contributed by atoms with Crippen molar-refractivity contribution in [1.82, 2.24) is 4.90 Å². The van der Waals surface area contributed by atoms with Gasteiger partial charge in [0.2, 0.25) is 0 Å². The lowest BCUT2D eigenvalue weighted by Crippen LogP contribution is -2.18. The van der Waals surface area contributed by atoms with Gasteiger partial charge in [-0.25, -0.2) is 9.18 Å². The molecule has 2 rings (SSSR count). The van der Waals surface area contributed by atoms with Crippen LogP contribution in [0.4, 0.5) is 4.39 Å².